The summed E-state index contributed by atoms with van der Waals surface area (Å²) in [5.41, 5.74) is 1.09. The first-order valence-corrected chi connectivity index (χ1v) is 6.33. The maximum atomic E-state index is 9.65. The van der Waals surface area contributed by atoms with Crippen LogP contribution in [0.2, 0.25) is 0 Å². The third kappa shape index (κ3) is 2.95. The Labute approximate surface area is 118 Å². The second-order valence-corrected chi connectivity index (χ2v) is 4.60. The van der Waals surface area contributed by atoms with Crippen LogP contribution < -0.4 is 14.8 Å². The van der Waals surface area contributed by atoms with E-state index in [-0.39, 0.29) is 31.8 Å². The van der Waals surface area contributed by atoms with Crippen molar-refractivity contribution < 1.29 is 14.6 Å². The van der Waals surface area contributed by atoms with E-state index in [1.165, 1.54) is 0 Å². The van der Waals surface area contributed by atoms with Gasteiger partial charge in [0.05, 0.1) is 12.6 Å². The number of hydrogen-bond donors (Lipinski definition) is 2. The molecule has 1 atom stereocenters. The van der Waals surface area contributed by atoms with Gasteiger partial charge in [0.25, 0.3) is 0 Å². The van der Waals surface area contributed by atoms with Crippen molar-refractivity contribution in [1.29, 1.82) is 0 Å². The quantitative estimate of drug-likeness (QED) is 0.860. The summed E-state index contributed by atoms with van der Waals surface area (Å²) in [7, 11) is 0. The molecule has 0 amide bonds. The van der Waals surface area contributed by atoms with E-state index < -0.39 is 0 Å². The Morgan fingerprint density at radius 1 is 1.21 bits per heavy atom. The summed E-state index contributed by atoms with van der Waals surface area (Å²) < 4.78 is 10.7. The fourth-order valence-corrected chi connectivity index (χ4v) is 2.55. The number of nitrogens with zero attached hydrogens (tertiary/aromatic N) is 1. The minimum Gasteiger partial charge on any atom is -0.454 e. The summed E-state index contributed by atoms with van der Waals surface area (Å²) in [6, 6.07) is 5.95. The number of aliphatic hydroxyl groups excluding tert-OH is 1. The van der Waals surface area contributed by atoms with Crippen molar-refractivity contribution in [3.63, 3.8) is 0 Å². The summed E-state index contributed by atoms with van der Waals surface area (Å²) in [4.78, 5) is 2.30. The van der Waals surface area contributed by atoms with Crippen molar-refractivity contribution in [3.8, 4) is 11.5 Å². The SMILES string of the molecule is Cl.OC[C@@H](c1ccc2c(c1)OCO2)N1CCNCC1. The van der Waals surface area contributed by atoms with E-state index in [2.05, 4.69) is 10.2 Å². The molecule has 2 aliphatic heterocycles. The number of fused-ring (bicyclic) bond motifs is 1. The lowest BCUT2D eigenvalue weighted by Crippen LogP contribution is -2.46. The van der Waals surface area contributed by atoms with Crippen LogP contribution in [0.3, 0.4) is 0 Å². The normalized spacial score (nSPS) is 19.8. The van der Waals surface area contributed by atoms with Crippen LogP contribution in [0, 0.1) is 0 Å². The molecule has 1 aromatic carbocycles. The molecule has 0 aliphatic carbocycles. The second-order valence-electron chi connectivity index (χ2n) is 4.60. The third-order valence-corrected chi connectivity index (χ3v) is 3.55. The summed E-state index contributed by atoms with van der Waals surface area (Å²) >= 11 is 0. The van der Waals surface area contributed by atoms with Crippen LogP contribution in [0.1, 0.15) is 11.6 Å². The van der Waals surface area contributed by atoms with E-state index in [0.717, 1.165) is 43.2 Å². The van der Waals surface area contributed by atoms with Gasteiger partial charge in [-0.1, -0.05) is 6.07 Å². The van der Waals surface area contributed by atoms with Gasteiger partial charge in [-0.05, 0) is 17.7 Å². The van der Waals surface area contributed by atoms with Crippen LogP contribution in [0.5, 0.6) is 11.5 Å². The van der Waals surface area contributed by atoms with Crippen LogP contribution in [0.4, 0.5) is 0 Å². The Hall–Kier alpha value is -1.01. The highest BCUT2D eigenvalue weighted by Crippen LogP contribution is 2.35. The van der Waals surface area contributed by atoms with E-state index in [1.54, 1.807) is 0 Å². The molecule has 1 saturated heterocycles. The van der Waals surface area contributed by atoms with Crippen molar-refractivity contribution in [2.24, 2.45) is 0 Å². The minimum absolute atomic E-state index is 0. The summed E-state index contributed by atoms with van der Waals surface area (Å²) in [5.74, 6) is 1.57. The minimum atomic E-state index is 0. The molecule has 2 N–H and O–H groups in total. The molecule has 1 fully saturated rings. The third-order valence-electron chi connectivity index (χ3n) is 3.55. The molecule has 2 aliphatic rings. The number of rotatable bonds is 3. The van der Waals surface area contributed by atoms with Crippen molar-refractivity contribution in [2.75, 3.05) is 39.6 Å². The molecule has 6 heteroatoms. The van der Waals surface area contributed by atoms with Gasteiger partial charge in [0.1, 0.15) is 0 Å². The first-order valence-electron chi connectivity index (χ1n) is 6.33. The Bertz CT molecular complexity index is 424. The van der Waals surface area contributed by atoms with Gasteiger partial charge in [0.15, 0.2) is 11.5 Å². The van der Waals surface area contributed by atoms with Gasteiger partial charge in [0, 0.05) is 26.2 Å². The van der Waals surface area contributed by atoms with Crippen molar-refractivity contribution in [1.82, 2.24) is 10.2 Å². The van der Waals surface area contributed by atoms with Gasteiger partial charge in [0.2, 0.25) is 6.79 Å². The van der Waals surface area contributed by atoms with Gasteiger partial charge >= 0.3 is 0 Å². The van der Waals surface area contributed by atoms with Crippen LogP contribution in [0.15, 0.2) is 18.2 Å². The van der Waals surface area contributed by atoms with Crippen molar-refractivity contribution >= 4 is 12.4 Å². The van der Waals surface area contributed by atoms with Gasteiger partial charge in [-0.25, -0.2) is 0 Å². The smallest absolute Gasteiger partial charge is 0.231 e. The maximum Gasteiger partial charge on any atom is 0.231 e. The molecule has 0 saturated carbocycles. The molecule has 106 valence electrons. The monoisotopic (exact) mass is 286 g/mol. The van der Waals surface area contributed by atoms with Crippen molar-refractivity contribution in [3.05, 3.63) is 23.8 Å². The molecule has 2 heterocycles. The molecule has 0 spiro atoms. The standard InChI is InChI=1S/C13H18N2O3.ClH/c16-8-11(15-5-3-14-4-6-15)10-1-2-12-13(7-10)18-9-17-12;/h1-2,7,11,14,16H,3-6,8-9H2;1H/t11-;/m0./s1. The fraction of sp³-hybridized carbons (Fsp3) is 0.538. The van der Waals surface area contributed by atoms with E-state index >= 15 is 0 Å². The van der Waals surface area contributed by atoms with Crippen LogP contribution in [-0.2, 0) is 0 Å². The van der Waals surface area contributed by atoms with Gasteiger partial charge in [-0.2, -0.15) is 0 Å². The Morgan fingerprint density at radius 3 is 2.68 bits per heavy atom. The lowest BCUT2D eigenvalue weighted by atomic mass is 10.0. The Balaban J connectivity index is 0.00000133. The molecular formula is C13H19ClN2O3. The van der Waals surface area contributed by atoms with Crippen LogP contribution >= 0.6 is 12.4 Å². The predicted molar refractivity (Wildman–Crippen MR) is 74.1 cm³/mol. The van der Waals surface area contributed by atoms with Gasteiger partial charge in [-0.3, -0.25) is 4.90 Å². The largest absolute Gasteiger partial charge is 0.454 e. The first kappa shape index (κ1) is 14.4. The van der Waals surface area contributed by atoms with Gasteiger partial charge in [-0.15, -0.1) is 12.4 Å². The molecule has 0 radical (unpaired) electrons. The lowest BCUT2D eigenvalue weighted by molar-refractivity contribution is 0.110. The lowest BCUT2D eigenvalue weighted by Gasteiger charge is -2.34. The number of halogens is 1. The first-order chi connectivity index (χ1) is 8.88. The number of nitrogens with one attached hydrogen (secondary N) is 1. The highest BCUT2D eigenvalue weighted by Gasteiger charge is 2.23. The Kier molecular flexibility index (Phi) is 4.87. The number of benzene rings is 1. The van der Waals surface area contributed by atoms with Crippen LogP contribution in [-0.4, -0.2) is 49.6 Å². The predicted octanol–water partition coefficient (Wildman–Crippen LogP) is 0.776. The zero-order valence-electron chi connectivity index (χ0n) is 10.7. The number of hydrogen-bond acceptors (Lipinski definition) is 5. The van der Waals surface area contributed by atoms with Gasteiger partial charge < -0.3 is 19.9 Å². The molecule has 3 rings (SSSR count). The van der Waals surface area contributed by atoms with E-state index in [1.807, 2.05) is 18.2 Å². The number of aliphatic hydroxyl groups is 1. The molecule has 0 aromatic heterocycles. The summed E-state index contributed by atoms with van der Waals surface area (Å²) in [5, 5.41) is 13.0. The topological polar surface area (TPSA) is 54.0 Å². The molecule has 1 aromatic rings. The molecule has 0 bridgehead atoms. The van der Waals surface area contributed by atoms with E-state index in [4.69, 9.17) is 9.47 Å². The zero-order chi connectivity index (χ0) is 12.4. The van der Waals surface area contributed by atoms with Crippen molar-refractivity contribution in [2.45, 2.75) is 6.04 Å². The van der Waals surface area contributed by atoms with E-state index in [0.29, 0.717) is 0 Å². The molecule has 5 nitrogen and oxygen atoms in total. The average molecular weight is 287 g/mol. The van der Waals surface area contributed by atoms with Crippen LogP contribution in [0.25, 0.3) is 0 Å². The maximum absolute atomic E-state index is 9.65. The summed E-state index contributed by atoms with van der Waals surface area (Å²) in [6.45, 7) is 4.28. The highest BCUT2D eigenvalue weighted by atomic mass is 35.5. The van der Waals surface area contributed by atoms with E-state index in [9.17, 15) is 5.11 Å². The zero-order valence-corrected chi connectivity index (χ0v) is 11.5. The molecule has 19 heavy (non-hydrogen) atoms. The fourth-order valence-electron chi connectivity index (χ4n) is 2.55. The molecular weight excluding hydrogens is 268 g/mol. The Morgan fingerprint density at radius 2 is 1.95 bits per heavy atom. The second kappa shape index (κ2) is 6.43. The number of ether oxygens (including phenoxy) is 2. The summed E-state index contributed by atoms with van der Waals surface area (Å²) in [6.07, 6.45) is 0. The highest BCUT2D eigenvalue weighted by molar-refractivity contribution is 5.85. The average Bonchev–Trinajstić information content (AvgIpc) is 2.88. The molecule has 0 unspecified atom stereocenters. The number of piperazine rings is 1.